The number of rotatable bonds is 4. The van der Waals surface area contributed by atoms with Crippen LogP contribution in [0.3, 0.4) is 0 Å². The van der Waals surface area contributed by atoms with Crippen LogP contribution in [0.2, 0.25) is 0 Å². The van der Waals surface area contributed by atoms with Gasteiger partial charge < -0.3 is 14.7 Å². The highest BCUT2D eigenvalue weighted by molar-refractivity contribution is 5.92. The first kappa shape index (κ1) is 13.8. The molecule has 1 aromatic heterocycles. The lowest BCUT2D eigenvalue weighted by Crippen LogP contribution is -2.34. The number of hydrogen-bond donors (Lipinski definition) is 1. The third-order valence-corrected chi connectivity index (χ3v) is 3.66. The molecule has 1 fully saturated rings. The molecule has 0 spiro atoms. The summed E-state index contributed by atoms with van der Waals surface area (Å²) in [6.45, 7) is 0.568. The molecule has 1 aromatic rings. The van der Waals surface area contributed by atoms with Crippen molar-refractivity contribution in [3.8, 4) is 5.75 Å². The van der Waals surface area contributed by atoms with E-state index in [1.807, 2.05) is 0 Å². The standard InChI is InChI=1S/C14H20N2O3/c1-16(9-10-4-3-5-13(10)17)14(18)12-8-11(19-2)6-7-15-12/h6-8,10,13,17H,3-5,9H2,1-2H3. The molecule has 19 heavy (non-hydrogen) atoms. The lowest BCUT2D eigenvalue weighted by molar-refractivity contribution is 0.0688. The lowest BCUT2D eigenvalue weighted by Gasteiger charge is -2.23. The molecule has 1 amide bonds. The van der Waals surface area contributed by atoms with Crippen molar-refractivity contribution in [1.82, 2.24) is 9.88 Å². The molecule has 0 bridgehead atoms. The first-order valence-electron chi connectivity index (χ1n) is 6.55. The van der Waals surface area contributed by atoms with Crippen molar-refractivity contribution in [2.45, 2.75) is 25.4 Å². The fourth-order valence-electron chi connectivity index (χ4n) is 2.52. The van der Waals surface area contributed by atoms with E-state index in [0.717, 1.165) is 19.3 Å². The molecular weight excluding hydrogens is 244 g/mol. The zero-order chi connectivity index (χ0) is 13.8. The fraction of sp³-hybridized carbons (Fsp3) is 0.571. The van der Waals surface area contributed by atoms with Gasteiger partial charge in [0.2, 0.25) is 0 Å². The van der Waals surface area contributed by atoms with Crippen LogP contribution in [0.5, 0.6) is 5.75 Å². The number of methoxy groups -OCH3 is 1. The number of carbonyl (C=O) groups is 1. The van der Waals surface area contributed by atoms with E-state index in [2.05, 4.69) is 4.98 Å². The number of hydrogen-bond acceptors (Lipinski definition) is 4. The molecule has 0 radical (unpaired) electrons. The van der Waals surface area contributed by atoms with Gasteiger partial charge in [-0.2, -0.15) is 0 Å². The van der Waals surface area contributed by atoms with Gasteiger partial charge in [-0.1, -0.05) is 6.42 Å². The minimum absolute atomic E-state index is 0.141. The van der Waals surface area contributed by atoms with Crippen LogP contribution in [0, 0.1) is 5.92 Å². The third kappa shape index (κ3) is 3.23. The van der Waals surface area contributed by atoms with E-state index in [9.17, 15) is 9.90 Å². The summed E-state index contributed by atoms with van der Waals surface area (Å²) in [5, 5.41) is 9.80. The minimum atomic E-state index is -0.284. The summed E-state index contributed by atoms with van der Waals surface area (Å²) in [4.78, 5) is 17.9. The highest BCUT2D eigenvalue weighted by atomic mass is 16.5. The summed E-state index contributed by atoms with van der Waals surface area (Å²) in [5.41, 5.74) is 0.370. The molecular formula is C14H20N2O3. The molecule has 2 atom stereocenters. The summed E-state index contributed by atoms with van der Waals surface area (Å²) in [7, 11) is 3.30. The van der Waals surface area contributed by atoms with E-state index in [0.29, 0.717) is 18.0 Å². The quantitative estimate of drug-likeness (QED) is 0.891. The van der Waals surface area contributed by atoms with Crippen molar-refractivity contribution in [2.24, 2.45) is 5.92 Å². The summed E-state index contributed by atoms with van der Waals surface area (Å²) in [5.74, 6) is 0.658. The first-order chi connectivity index (χ1) is 9.11. The first-order valence-corrected chi connectivity index (χ1v) is 6.55. The molecule has 1 heterocycles. The Morgan fingerprint density at radius 2 is 2.37 bits per heavy atom. The fourth-order valence-corrected chi connectivity index (χ4v) is 2.52. The van der Waals surface area contributed by atoms with Crippen molar-refractivity contribution in [2.75, 3.05) is 20.7 Å². The number of carbonyl (C=O) groups excluding carboxylic acids is 1. The number of ether oxygens (including phenoxy) is 1. The number of amides is 1. The maximum absolute atomic E-state index is 12.2. The van der Waals surface area contributed by atoms with Crippen LogP contribution >= 0.6 is 0 Å². The van der Waals surface area contributed by atoms with Gasteiger partial charge in [-0.3, -0.25) is 9.78 Å². The molecule has 0 saturated heterocycles. The van der Waals surface area contributed by atoms with Crippen molar-refractivity contribution in [3.63, 3.8) is 0 Å². The third-order valence-electron chi connectivity index (χ3n) is 3.66. The lowest BCUT2D eigenvalue weighted by atomic mass is 10.1. The molecule has 104 valence electrons. The topological polar surface area (TPSA) is 62.7 Å². The van der Waals surface area contributed by atoms with E-state index in [1.165, 1.54) is 0 Å². The molecule has 2 rings (SSSR count). The molecule has 0 aromatic carbocycles. The number of aromatic nitrogens is 1. The zero-order valence-corrected chi connectivity index (χ0v) is 11.4. The Kier molecular flexibility index (Phi) is 4.37. The van der Waals surface area contributed by atoms with Gasteiger partial charge in [-0.25, -0.2) is 0 Å². The smallest absolute Gasteiger partial charge is 0.272 e. The van der Waals surface area contributed by atoms with Crippen LogP contribution in [-0.2, 0) is 0 Å². The van der Waals surface area contributed by atoms with Crippen molar-refractivity contribution >= 4 is 5.91 Å². The molecule has 5 heteroatoms. The summed E-state index contributed by atoms with van der Waals surface area (Å²) in [6, 6.07) is 3.33. The van der Waals surface area contributed by atoms with Crippen LogP contribution < -0.4 is 4.74 Å². The molecule has 1 saturated carbocycles. The number of aliphatic hydroxyl groups excluding tert-OH is 1. The molecule has 2 unspecified atom stereocenters. The minimum Gasteiger partial charge on any atom is -0.497 e. The van der Waals surface area contributed by atoms with Gasteiger partial charge in [-0.15, -0.1) is 0 Å². The van der Waals surface area contributed by atoms with Crippen molar-refractivity contribution < 1.29 is 14.6 Å². The van der Waals surface area contributed by atoms with Gasteiger partial charge >= 0.3 is 0 Å². The molecule has 5 nitrogen and oxygen atoms in total. The van der Waals surface area contributed by atoms with Gasteiger partial charge in [0, 0.05) is 31.8 Å². The van der Waals surface area contributed by atoms with Crippen LogP contribution in [0.1, 0.15) is 29.8 Å². The maximum Gasteiger partial charge on any atom is 0.272 e. The highest BCUT2D eigenvalue weighted by Crippen LogP contribution is 2.26. The Bertz CT molecular complexity index is 450. The van der Waals surface area contributed by atoms with Crippen LogP contribution in [-0.4, -0.2) is 47.7 Å². The second-order valence-electron chi connectivity index (χ2n) is 5.02. The Hall–Kier alpha value is -1.62. The van der Waals surface area contributed by atoms with Gasteiger partial charge in [0.25, 0.3) is 5.91 Å². The predicted octanol–water partition coefficient (Wildman–Crippen LogP) is 1.32. The second-order valence-corrected chi connectivity index (χ2v) is 5.02. The summed E-state index contributed by atoms with van der Waals surface area (Å²) < 4.78 is 5.08. The molecule has 1 N–H and O–H groups in total. The monoisotopic (exact) mass is 264 g/mol. The molecule has 0 aliphatic heterocycles. The zero-order valence-electron chi connectivity index (χ0n) is 11.4. The Morgan fingerprint density at radius 3 is 3.00 bits per heavy atom. The Balaban J connectivity index is 2.01. The van der Waals surface area contributed by atoms with Gasteiger partial charge in [-0.05, 0) is 18.9 Å². The summed E-state index contributed by atoms with van der Waals surface area (Å²) in [6.07, 6.45) is 4.12. The Labute approximate surface area is 113 Å². The van der Waals surface area contributed by atoms with Gasteiger partial charge in [0.15, 0.2) is 0 Å². The highest BCUT2D eigenvalue weighted by Gasteiger charge is 2.28. The van der Waals surface area contributed by atoms with Crippen LogP contribution in [0.15, 0.2) is 18.3 Å². The van der Waals surface area contributed by atoms with Crippen molar-refractivity contribution in [3.05, 3.63) is 24.0 Å². The number of nitrogens with zero attached hydrogens (tertiary/aromatic N) is 2. The largest absolute Gasteiger partial charge is 0.497 e. The molecule has 1 aliphatic carbocycles. The van der Waals surface area contributed by atoms with E-state index in [-0.39, 0.29) is 17.9 Å². The van der Waals surface area contributed by atoms with Crippen LogP contribution in [0.4, 0.5) is 0 Å². The average Bonchev–Trinajstić information content (AvgIpc) is 2.83. The van der Waals surface area contributed by atoms with Crippen molar-refractivity contribution in [1.29, 1.82) is 0 Å². The SMILES string of the molecule is COc1ccnc(C(=O)N(C)CC2CCCC2O)c1. The number of pyridine rings is 1. The maximum atomic E-state index is 12.2. The Morgan fingerprint density at radius 1 is 1.58 bits per heavy atom. The second kappa shape index (κ2) is 6.02. The van der Waals surface area contributed by atoms with Gasteiger partial charge in [0.05, 0.1) is 13.2 Å². The average molecular weight is 264 g/mol. The van der Waals surface area contributed by atoms with E-state index in [4.69, 9.17) is 4.74 Å². The van der Waals surface area contributed by atoms with E-state index in [1.54, 1.807) is 37.4 Å². The number of aliphatic hydroxyl groups is 1. The van der Waals surface area contributed by atoms with E-state index < -0.39 is 0 Å². The van der Waals surface area contributed by atoms with Gasteiger partial charge in [0.1, 0.15) is 11.4 Å². The predicted molar refractivity (Wildman–Crippen MR) is 71.1 cm³/mol. The molecule has 1 aliphatic rings. The normalized spacial score (nSPS) is 22.3. The van der Waals surface area contributed by atoms with E-state index >= 15 is 0 Å². The summed E-state index contributed by atoms with van der Waals surface area (Å²) >= 11 is 0. The van der Waals surface area contributed by atoms with Crippen LogP contribution in [0.25, 0.3) is 0 Å².